The van der Waals surface area contributed by atoms with E-state index in [9.17, 15) is 9.59 Å². The van der Waals surface area contributed by atoms with Gasteiger partial charge in [-0.15, -0.1) is 0 Å². The number of carbonyl (C=O) groups excluding carboxylic acids is 1. The number of fused-ring (bicyclic) bond motifs is 1. The summed E-state index contributed by atoms with van der Waals surface area (Å²) < 4.78 is 19.1. The molecule has 4 rings (SSSR count). The zero-order chi connectivity index (χ0) is 25.3. The van der Waals surface area contributed by atoms with Crippen LogP contribution in [0, 0.1) is 3.57 Å². The van der Waals surface area contributed by atoms with Crippen LogP contribution in [-0.4, -0.2) is 31.4 Å². The molecule has 2 aromatic carbocycles. The number of ether oxygens (including phenoxy) is 3. The average Bonchev–Trinajstić information content (AvgIpc) is 3.12. The first kappa shape index (κ1) is 25.5. The van der Waals surface area contributed by atoms with Gasteiger partial charge in [-0.05, 0) is 77.9 Å². The monoisotopic (exact) mass is 624 g/mol. The van der Waals surface area contributed by atoms with E-state index in [2.05, 4.69) is 27.6 Å². The van der Waals surface area contributed by atoms with Gasteiger partial charge >= 0.3 is 5.97 Å². The van der Waals surface area contributed by atoms with E-state index in [1.807, 2.05) is 12.1 Å². The minimum atomic E-state index is -0.685. The summed E-state index contributed by atoms with van der Waals surface area (Å²) in [5, 5.41) is 0.558. The highest BCUT2D eigenvalue weighted by Crippen LogP contribution is 2.34. The summed E-state index contributed by atoms with van der Waals surface area (Å²) in [5.74, 6) is 0.694. The molecule has 0 fully saturated rings. The number of hydrogen-bond acceptors (Lipinski definition) is 7. The van der Waals surface area contributed by atoms with Crippen molar-refractivity contribution >= 4 is 57.6 Å². The highest BCUT2D eigenvalue weighted by Gasteiger charge is 2.33. The Kier molecular flexibility index (Phi) is 7.67. The smallest absolute Gasteiger partial charge is 0.338 e. The lowest BCUT2D eigenvalue weighted by Gasteiger charge is -2.24. The van der Waals surface area contributed by atoms with Gasteiger partial charge in [0, 0.05) is 5.02 Å². The molecule has 0 radical (unpaired) electrons. The van der Waals surface area contributed by atoms with Gasteiger partial charge in [-0.3, -0.25) is 9.36 Å². The maximum Gasteiger partial charge on any atom is 0.338 e. The second-order valence-electron chi connectivity index (χ2n) is 7.59. The van der Waals surface area contributed by atoms with E-state index in [0.29, 0.717) is 37.1 Å². The summed E-state index contributed by atoms with van der Waals surface area (Å²) in [5.41, 5.74) is 2.10. The Bertz CT molecular complexity index is 1510. The number of nitrogens with zero attached hydrogens (tertiary/aromatic N) is 2. The van der Waals surface area contributed by atoms with Crippen LogP contribution < -0.4 is 24.4 Å². The molecule has 35 heavy (non-hydrogen) atoms. The Morgan fingerprint density at radius 1 is 1.23 bits per heavy atom. The number of rotatable bonds is 6. The predicted molar refractivity (Wildman–Crippen MR) is 144 cm³/mol. The maximum atomic E-state index is 13.7. The molecule has 0 saturated carbocycles. The molecule has 0 saturated heterocycles. The highest BCUT2D eigenvalue weighted by molar-refractivity contribution is 14.1. The molecule has 0 bridgehead atoms. The van der Waals surface area contributed by atoms with Crippen molar-refractivity contribution in [2.45, 2.75) is 19.9 Å². The number of allylic oxidation sites excluding steroid dienone is 1. The van der Waals surface area contributed by atoms with Gasteiger partial charge in [-0.25, -0.2) is 9.79 Å². The third-order valence-electron chi connectivity index (χ3n) is 5.46. The third kappa shape index (κ3) is 4.89. The molecule has 7 nitrogen and oxygen atoms in total. The normalized spacial score (nSPS) is 15.5. The first-order chi connectivity index (χ1) is 16.8. The lowest BCUT2D eigenvalue weighted by atomic mass is 9.96. The number of carbonyl (C=O) groups is 1. The Labute approximate surface area is 224 Å². The Hall–Kier alpha value is -2.63. The van der Waals surface area contributed by atoms with Crippen LogP contribution >= 0.6 is 45.5 Å². The van der Waals surface area contributed by atoms with Crippen LogP contribution in [-0.2, 0) is 9.53 Å². The second kappa shape index (κ2) is 10.5. The van der Waals surface area contributed by atoms with Crippen molar-refractivity contribution in [1.82, 2.24) is 4.57 Å². The van der Waals surface area contributed by atoms with Gasteiger partial charge in [-0.2, -0.15) is 0 Å². The largest absolute Gasteiger partial charge is 0.493 e. The molecule has 0 unspecified atom stereocenters. The summed E-state index contributed by atoms with van der Waals surface area (Å²) in [6.45, 7) is 3.71. The maximum absolute atomic E-state index is 13.7. The van der Waals surface area contributed by atoms with Gasteiger partial charge in [0.2, 0.25) is 0 Å². The van der Waals surface area contributed by atoms with Gasteiger partial charge in [0.1, 0.15) is 0 Å². The molecule has 0 N–H and O–H groups in total. The van der Waals surface area contributed by atoms with Crippen LogP contribution in [0.5, 0.6) is 11.5 Å². The van der Waals surface area contributed by atoms with Crippen LogP contribution in [0.4, 0.5) is 0 Å². The zero-order valence-electron chi connectivity index (χ0n) is 19.4. The summed E-state index contributed by atoms with van der Waals surface area (Å²) in [7, 11) is 3.15. The van der Waals surface area contributed by atoms with Crippen LogP contribution in [0.15, 0.2) is 57.5 Å². The molecule has 2 heterocycles. The van der Waals surface area contributed by atoms with E-state index >= 15 is 0 Å². The number of thiazole rings is 1. The van der Waals surface area contributed by atoms with Crippen molar-refractivity contribution in [3.05, 3.63) is 87.1 Å². The topological polar surface area (TPSA) is 79.1 Å². The standard InChI is InChI=1S/C25H22ClIN2O5S/c1-5-34-24(31)20-13(2)28-25-29(21(20)15-6-8-16(26)9-7-15)23(30)19(35-25)12-14-10-17(27)22(33-4)18(11-14)32-3/h6-12,21H,5H2,1-4H3/t21-/m1/s1. The molecule has 182 valence electrons. The zero-order valence-corrected chi connectivity index (χ0v) is 23.2. The van der Waals surface area contributed by atoms with E-state index in [-0.39, 0.29) is 12.2 Å². The van der Waals surface area contributed by atoms with E-state index in [1.54, 1.807) is 63.0 Å². The van der Waals surface area contributed by atoms with Gasteiger partial charge in [0.15, 0.2) is 16.3 Å². The molecule has 1 aromatic heterocycles. The van der Waals surface area contributed by atoms with Gasteiger partial charge < -0.3 is 14.2 Å². The van der Waals surface area contributed by atoms with Gasteiger partial charge in [0.05, 0.1) is 46.2 Å². The first-order valence-corrected chi connectivity index (χ1v) is 12.9. The van der Waals surface area contributed by atoms with Gasteiger partial charge in [0.25, 0.3) is 5.56 Å². The Morgan fingerprint density at radius 3 is 2.57 bits per heavy atom. The fourth-order valence-electron chi connectivity index (χ4n) is 3.92. The fraction of sp³-hybridized carbons (Fsp3) is 0.240. The van der Waals surface area contributed by atoms with Crippen molar-refractivity contribution in [3.8, 4) is 11.5 Å². The van der Waals surface area contributed by atoms with Crippen LogP contribution in [0.3, 0.4) is 0 Å². The summed E-state index contributed by atoms with van der Waals surface area (Å²) in [4.78, 5) is 31.7. The van der Waals surface area contributed by atoms with Crippen molar-refractivity contribution in [2.75, 3.05) is 20.8 Å². The SMILES string of the molecule is CCOC(=O)C1=C(C)N=c2sc(=Cc3cc(I)c(OC)c(OC)c3)c(=O)n2[C@@H]1c1ccc(Cl)cc1. The molecular weight excluding hydrogens is 603 g/mol. The van der Waals surface area contributed by atoms with E-state index in [1.165, 1.54) is 11.3 Å². The minimum Gasteiger partial charge on any atom is -0.493 e. The number of esters is 1. The molecule has 1 aliphatic heterocycles. The number of benzene rings is 2. The molecule has 0 aliphatic carbocycles. The molecule has 1 aliphatic rings. The quantitative estimate of drug-likeness (QED) is 0.305. The molecule has 0 spiro atoms. The summed E-state index contributed by atoms with van der Waals surface area (Å²) in [6, 6.07) is 10.1. The summed E-state index contributed by atoms with van der Waals surface area (Å²) in [6.07, 6.45) is 1.79. The number of methoxy groups -OCH3 is 2. The second-order valence-corrected chi connectivity index (χ2v) is 10.2. The molecular formula is C25H22ClIN2O5S. The summed E-state index contributed by atoms with van der Waals surface area (Å²) >= 11 is 9.52. The molecule has 10 heteroatoms. The fourth-order valence-corrected chi connectivity index (χ4v) is 5.94. The van der Waals surface area contributed by atoms with Crippen LogP contribution in [0.25, 0.3) is 6.08 Å². The minimum absolute atomic E-state index is 0.214. The Balaban J connectivity index is 1.94. The van der Waals surface area contributed by atoms with E-state index in [4.69, 9.17) is 25.8 Å². The molecule has 3 aromatic rings. The lowest BCUT2D eigenvalue weighted by Crippen LogP contribution is -2.39. The Morgan fingerprint density at radius 2 is 1.94 bits per heavy atom. The molecule has 0 amide bonds. The number of hydrogen-bond donors (Lipinski definition) is 0. The van der Waals surface area contributed by atoms with Crippen molar-refractivity contribution in [2.24, 2.45) is 4.99 Å². The van der Waals surface area contributed by atoms with Gasteiger partial charge in [-0.1, -0.05) is 35.1 Å². The average molecular weight is 625 g/mol. The van der Waals surface area contributed by atoms with Crippen molar-refractivity contribution in [3.63, 3.8) is 0 Å². The van der Waals surface area contributed by atoms with E-state index < -0.39 is 12.0 Å². The molecule has 1 atom stereocenters. The van der Waals surface area contributed by atoms with E-state index in [0.717, 1.165) is 14.7 Å². The predicted octanol–water partition coefficient (Wildman–Crippen LogP) is 4.07. The van der Waals surface area contributed by atoms with Crippen molar-refractivity contribution < 1.29 is 19.0 Å². The van der Waals surface area contributed by atoms with Crippen LogP contribution in [0.1, 0.15) is 31.0 Å². The van der Waals surface area contributed by atoms with Crippen LogP contribution in [0.2, 0.25) is 5.02 Å². The number of aromatic nitrogens is 1. The third-order valence-corrected chi connectivity index (χ3v) is 7.49. The lowest BCUT2D eigenvalue weighted by molar-refractivity contribution is -0.139. The highest BCUT2D eigenvalue weighted by atomic mass is 127. The first-order valence-electron chi connectivity index (χ1n) is 10.7. The number of halogens is 2. The van der Waals surface area contributed by atoms with Crippen molar-refractivity contribution in [1.29, 1.82) is 0 Å².